The fourth-order valence-corrected chi connectivity index (χ4v) is 1.51. The van der Waals surface area contributed by atoms with Crippen molar-refractivity contribution >= 4 is 23.2 Å². The first kappa shape index (κ1) is 14.0. The van der Waals surface area contributed by atoms with E-state index in [4.69, 9.17) is 28.7 Å². The molecule has 0 radical (unpaired) electrons. The van der Waals surface area contributed by atoms with Crippen molar-refractivity contribution in [3.63, 3.8) is 0 Å². The molecule has 1 aromatic carbocycles. The summed E-state index contributed by atoms with van der Waals surface area (Å²) in [5.41, 5.74) is 8.11. The van der Waals surface area contributed by atoms with Crippen molar-refractivity contribution < 1.29 is 14.6 Å². The molecule has 2 unspecified atom stereocenters. The van der Waals surface area contributed by atoms with Crippen molar-refractivity contribution in [3.8, 4) is 0 Å². The lowest BCUT2D eigenvalue weighted by Crippen LogP contribution is -2.21. The van der Waals surface area contributed by atoms with Gasteiger partial charge < -0.3 is 10.2 Å². The number of hydrogen-bond donors (Lipinski definition) is 2. The summed E-state index contributed by atoms with van der Waals surface area (Å²) >= 11 is 11.1. The highest BCUT2D eigenvalue weighted by molar-refractivity contribution is 6.42. The van der Waals surface area contributed by atoms with Crippen molar-refractivity contribution in [2.75, 3.05) is 6.54 Å². The van der Waals surface area contributed by atoms with Gasteiger partial charge in [0, 0.05) is 4.91 Å². The van der Waals surface area contributed by atoms with Crippen LogP contribution in [0.15, 0.2) is 17.2 Å². The Kier molecular flexibility index (Phi) is 4.99. The number of benzene rings is 1. The van der Waals surface area contributed by atoms with Gasteiger partial charge in [-0.15, -0.1) is 0 Å². The van der Waals surface area contributed by atoms with Gasteiger partial charge in [0.15, 0.2) is 0 Å². The molecule has 5 nitrogen and oxygen atoms in total. The quantitative estimate of drug-likeness (QED) is 0.384. The number of rotatable bonds is 4. The Labute approximate surface area is 106 Å². The lowest BCUT2D eigenvalue weighted by atomic mass is 10.0. The average molecular weight is 280 g/mol. The topological polar surface area (TPSA) is 89.2 Å². The monoisotopic (exact) mass is 279 g/mol. The van der Waals surface area contributed by atoms with Gasteiger partial charge in [0.2, 0.25) is 0 Å². The SMILES string of the molecule is [N-]=[N+]=NCC(O)C(O)c1cc(F)c(Cl)c(Cl)c1. The number of nitrogens with zero attached hydrogens (tertiary/aromatic N) is 3. The number of halogens is 3. The Morgan fingerprint density at radius 1 is 1.41 bits per heavy atom. The van der Waals surface area contributed by atoms with Crippen LogP contribution in [0.3, 0.4) is 0 Å². The van der Waals surface area contributed by atoms with E-state index in [-0.39, 0.29) is 22.2 Å². The molecule has 2 N–H and O–H groups in total. The summed E-state index contributed by atoms with van der Waals surface area (Å²) in [6, 6.07) is 2.19. The Bertz CT molecular complexity index is 443. The molecule has 0 saturated heterocycles. The third kappa shape index (κ3) is 3.46. The van der Waals surface area contributed by atoms with Gasteiger partial charge in [-0.1, -0.05) is 28.3 Å². The van der Waals surface area contributed by atoms with Crippen LogP contribution in [0, 0.1) is 5.82 Å². The Morgan fingerprint density at radius 2 is 2.06 bits per heavy atom. The van der Waals surface area contributed by atoms with Gasteiger partial charge in [-0.2, -0.15) is 0 Å². The largest absolute Gasteiger partial charge is 0.390 e. The summed E-state index contributed by atoms with van der Waals surface area (Å²) in [6.07, 6.45) is -2.76. The molecule has 0 fully saturated rings. The maximum absolute atomic E-state index is 13.2. The summed E-state index contributed by atoms with van der Waals surface area (Å²) < 4.78 is 13.2. The minimum Gasteiger partial charge on any atom is -0.390 e. The van der Waals surface area contributed by atoms with Crippen molar-refractivity contribution in [2.24, 2.45) is 5.11 Å². The van der Waals surface area contributed by atoms with E-state index in [1.165, 1.54) is 6.07 Å². The molecule has 0 aliphatic heterocycles. The van der Waals surface area contributed by atoms with Crippen LogP contribution in [-0.2, 0) is 0 Å². The summed E-state index contributed by atoms with van der Waals surface area (Å²) in [5, 5.41) is 21.9. The predicted octanol–water partition coefficient (Wildman–Crippen LogP) is 2.84. The molecule has 8 heteroatoms. The van der Waals surface area contributed by atoms with E-state index in [0.717, 1.165) is 6.07 Å². The zero-order valence-corrected chi connectivity index (χ0v) is 9.90. The molecule has 0 amide bonds. The lowest BCUT2D eigenvalue weighted by Gasteiger charge is -2.16. The summed E-state index contributed by atoms with van der Waals surface area (Å²) in [4.78, 5) is 2.43. The van der Waals surface area contributed by atoms with Gasteiger partial charge >= 0.3 is 0 Å². The number of hydrogen-bond acceptors (Lipinski definition) is 3. The van der Waals surface area contributed by atoms with Gasteiger partial charge in [-0.25, -0.2) is 4.39 Å². The van der Waals surface area contributed by atoms with Crippen molar-refractivity contribution in [2.45, 2.75) is 12.2 Å². The van der Waals surface area contributed by atoms with E-state index in [9.17, 15) is 14.6 Å². The second kappa shape index (κ2) is 6.05. The van der Waals surface area contributed by atoms with E-state index < -0.39 is 18.0 Å². The zero-order chi connectivity index (χ0) is 13.0. The van der Waals surface area contributed by atoms with Crippen LogP contribution in [0.1, 0.15) is 11.7 Å². The molecule has 2 atom stereocenters. The summed E-state index contributed by atoms with van der Waals surface area (Å²) in [5.74, 6) is -0.802. The van der Waals surface area contributed by atoms with Crippen LogP contribution >= 0.6 is 23.2 Å². The standard InChI is InChI=1S/C9H8Cl2FN3O2/c10-5-1-4(2-6(12)8(5)11)9(17)7(16)3-14-15-13/h1-2,7,9,16-17H,3H2. The van der Waals surface area contributed by atoms with Crippen molar-refractivity contribution in [1.82, 2.24) is 0 Å². The fourth-order valence-electron chi connectivity index (χ4n) is 1.19. The highest BCUT2D eigenvalue weighted by Gasteiger charge is 2.20. The second-order valence-corrected chi connectivity index (χ2v) is 4.01. The molecule has 1 aromatic rings. The molecule has 0 aliphatic rings. The maximum atomic E-state index is 13.2. The van der Waals surface area contributed by atoms with Crippen LogP contribution in [0.4, 0.5) is 4.39 Å². The molecule has 0 aromatic heterocycles. The van der Waals surface area contributed by atoms with E-state index >= 15 is 0 Å². The maximum Gasteiger partial charge on any atom is 0.143 e. The summed E-state index contributed by atoms with van der Waals surface area (Å²) in [7, 11) is 0. The minimum absolute atomic E-state index is 0.0533. The fraction of sp³-hybridized carbons (Fsp3) is 0.333. The molecule has 0 spiro atoms. The number of aliphatic hydroxyl groups is 2. The van der Waals surface area contributed by atoms with Crippen LogP contribution in [0.5, 0.6) is 0 Å². The van der Waals surface area contributed by atoms with Crippen molar-refractivity contribution in [1.29, 1.82) is 0 Å². The van der Waals surface area contributed by atoms with Crippen LogP contribution in [0.25, 0.3) is 10.4 Å². The molecule has 0 aliphatic carbocycles. The van der Waals surface area contributed by atoms with Crippen LogP contribution in [-0.4, -0.2) is 22.9 Å². The molecule has 1 rings (SSSR count). The zero-order valence-electron chi connectivity index (χ0n) is 8.39. The predicted molar refractivity (Wildman–Crippen MR) is 61.4 cm³/mol. The highest BCUT2D eigenvalue weighted by Crippen LogP contribution is 2.29. The molecule has 0 saturated carbocycles. The van der Waals surface area contributed by atoms with E-state index in [0.29, 0.717) is 0 Å². The van der Waals surface area contributed by atoms with Crippen molar-refractivity contribution in [3.05, 3.63) is 44.0 Å². The molecular formula is C9H8Cl2FN3O2. The molecule has 17 heavy (non-hydrogen) atoms. The Hall–Kier alpha value is -1.04. The lowest BCUT2D eigenvalue weighted by molar-refractivity contribution is 0.0242. The Balaban J connectivity index is 2.96. The first-order valence-electron chi connectivity index (χ1n) is 4.48. The first-order chi connectivity index (χ1) is 7.97. The van der Waals surface area contributed by atoms with Gasteiger partial charge in [-0.05, 0) is 23.2 Å². The van der Waals surface area contributed by atoms with Gasteiger partial charge in [0.25, 0.3) is 0 Å². The average Bonchev–Trinajstić information content (AvgIpc) is 2.31. The first-order valence-corrected chi connectivity index (χ1v) is 5.24. The van der Waals surface area contributed by atoms with E-state index in [1.54, 1.807) is 0 Å². The smallest absolute Gasteiger partial charge is 0.143 e. The normalized spacial score (nSPS) is 13.9. The Morgan fingerprint density at radius 3 is 2.59 bits per heavy atom. The third-order valence-electron chi connectivity index (χ3n) is 2.04. The van der Waals surface area contributed by atoms with Gasteiger partial charge in [-0.3, -0.25) is 0 Å². The van der Waals surface area contributed by atoms with Gasteiger partial charge in [0.05, 0.1) is 22.7 Å². The molecule has 0 bridgehead atoms. The van der Waals surface area contributed by atoms with Crippen LogP contribution < -0.4 is 0 Å². The van der Waals surface area contributed by atoms with Crippen LogP contribution in [0.2, 0.25) is 10.0 Å². The minimum atomic E-state index is -1.41. The number of azide groups is 1. The second-order valence-electron chi connectivity index (χ2n) is 3.22. The highest BCUT2D eigenvalue weighted by atomic mass is 35.5. The van der Waals surface area contributed by atoms with E-state index in [1.807, 2.05) is 0 Å². The third-order valence-corrected chi connectivity index (χ3v) is 2.82. The molecule has 92 valence electrons. The van der Waals surface area contributed by atoms with Gasteiger partial charge in [0.1, 0.15) is 11.9 Å². The molecular weight excluding hydrogens is 272 g/mol. The molecule has 0 heterocycles. The summed E-state index contributed by atoms with van der Waals surface area (Å²) in [6.45, 7) is -0.334. The van der Waals surface area contributed by atoms with E-state index in [2.05, 4.69) is 10.0 Å². The number of aliphatic hydroxyl groups excluding tert-OH is 2.